The average molecular weight is 595 g/mol. The van der Waals surface area contributed by atoms with E-state index in [0.717, 1.165) is 11.1 Å². The van der Waals surface area contributed by atoms with E-state index in [1.165, 1.54) is 0 Å². The zero-order valence-electron chi connectivity index (χ0n) is 23.2. The van der Waals surface area contributed by atoms with Crippen molar-refractivity contribution in [2.24, 2.45) is 5.92 Å². The Morgan fingerprint density at radius 2 is 1.30 bits per heavy atom. The molecule has 0 aliphatic carbocycles. The quantitative estimate of drug-likeness (QED) is 0.294. The lowest BCUT2D eigenvalue weighted by atomic mass is 10.0. The molecule has 3 amide bonds. The van der Waals surface area contributed by atoms with Crippen molar-refractivity contribution >= 4 is 47.1 Å². The second kappa shape index (κ2) is 16.7. The van der Waals surface area contributed by atoms with Crippen LogP contribution in [-0.2, 0) is 36.9 Å². The van der Waals surface area contributed by atoms with E-state index in [4.69, 9.17) is 32.7 Å². The standard InChI is InChI=1S/C29H37Cl2N3O6/c1-5-39-25(35)16-15-24(28(37)40-6-2)32-27(36)26(19(3)4)33-29(38)34(17-20-7-11-22(30)12-8-20)18-21-9-13-23(31)14-10-21/h7-14,19,24,26H,5-6,15-18H2,1-4H3,(H,32,36)(H,33,38)/t24-,26+/m1/s1. The van der Waals surface area contributed by atoms with Gasteiger partial charge in [0.2, 0.25) is 5.91 Å². The van der Waals surface area contributed by atoms with Crippen molar-refractivity contribution in [1.82, 2.24) is 15.5 Å². The van der Waals surface area contributed by atoms with Crippen LogP contribution in [-0.4, -0.2) is 54.1 Å². The topological polar surface area (TPSA) is 114 Å². The molecule has 0 heterocycles. The van der Waals surface area contributed by atoms with Gasteiger partial charge in [-0.15, -0.1) is 0 Å². The molecule has 0 fully saturated rings. The lowest BCUT2D eigenvalue weighted by Crippen LogP contribution is -2.56. The number of hydrogen-bond donors (Lipinski definition) is 2. The largest absolute Gasteiger partial charge is 0.466 e. The summed E-state index contributed by atoms with van der Waals surface area (Å²) in [6, 6.07) is 11.7. The molecule has 40 heavy (non-hydrogen) atoms. The molecule has 2 aromatic rings. The minimum atomic E-state index is -1.07. The van der Waals surface area contributed by atoms with Gasteiger partial charge in [0, 0.05) is 29.6 Å². The van der Waals surface area contributed by atoms with Crippen LogP contribution in [0.3, 0.4) is 0 Å². The monoisotopic (exact) mass is 593 g/mol. The van der Waals surface area contributed by atoms with Crippen LogP contribution in [0.4, 0.5) is 4.79 Å². The Morgan fingerprint density at radius 3 is 1.75 bits per heavy atom. The number of rotatable bonds is 14. The summed E-state index contributed by atoms with van der Waals surface area (Å²) >= 11 is 12.0. The molecular formula is C29H37Cl2N3O6. The third-order valence-corrected chi connectivity index (χ3v) is 6.42. The van der Waals surface area contributed by atoms with E-state index in [2.05, 4.69) is 10.6 Å². The number of halogens is 2. The molecule has 2 rings (SSSR count). The number of ether oxygens (including phenoxy) is 2. The number of carbonyl (C=O) groups excluding carboxylic acids is 4. The lowest BCUT2D eigenvalue weighted by molar-refractivity contribution is -0.149. The molecule has 0 aliphatic heterocycles. The fourth-order valence-corrected chi connectivity index (χ4v) is 4.08. The van der Waals surface area contributed by atoms with E-state index < -0.39 is 36.0 Å². The summed E-state index contributed by atoms with van der Waals surface area (Å²) in [5.41, 5.74) is 1.70. The first kappa shape index (κ1) is 32.9. The van der Waals surface area contributed by atoms with Gasteiger partial charge in [0.1, 0.15) is 12.1 Å². The number of amides is 3. The SMILES string of the molecule is CCOC(=O)CC[C@@H](NC(=O)[C@@H](NC(=O)N(Cc1ccc(Cl)cc1)Cc1ccc(Cl)cc1)C(C)C)C(=O)OCC. The van der Waals surface area contributed by atoms with Crippen LogP contribution in [0.1, 0.15) is 51.7 Å². The molecule has 0 aliphatic rings. The molecule has 0 unspecified atom stereocenters. The van der Waals surface area contributed by atoms with E-state index in [1.807, 2.05) is 24.3 Å². The Bertz CT molecular complexity index is 1080. The van der Waals surface area contributed by atoms with E-state index in [1.54, 1.807) is 56.9 Å². The van der Waals surface area contributed by atoms with Gasteiger partial charge in [-0.1, -0.05) is 61.3 Å². The van der Waals surface area contributed by atoms with Crippen LogP contribution in [0, 0.1) is 5.92 Å². The molecule has 11 heteroatoms. The first-order valence-electron chi connectivity index (χ1n) is 13.2. The van der Waals surface area contributed by atoms with Gasteiger partial charge in [-0.25, -0.2) is 9.59 Å². The molecule has 2 aromatic carbocycles. The summed E-state index contributed by atoms with van der Waals surface area (Å²) in [6.45, 7) is 7.72. The van der Waals surface area contributed by atoms with Crippen LogP contribution in [0.25, 0.3) is 0 Å². The highest BCUT2D eigenvalue weighted by molar-refractivity contribution is 6.30. The molecule has 0 spiro atoms. The Labute approximate surface area is 245 Å². The Hall–Kier alpha value is -3.30. The van der Waals surface area contributed by atoms with Crippen molar-refractivity contribution in [3.05, 3.63) is 69.7 Å². The molecule has 2 N–H and O–H groups in total. The van der Waals surface area contributed by atoms with Gasteiger partial charge in [-0.3, -0.25) is 9.59 Å². The van der Waals surface area contributed by atoms with Crippen molar-refractivity contribution in [1.29, 1.82) is 0 Å². The van der Waals surface area contributed by atoms with Gasteiger partial charge >= 0.3 is 18.0 Å². The third kappa shape index (κ3) is 11.1. The van der Waals surface area contributed by atoms with E-state index >= 15 is 0 Å². The number of hydrogen-bond acceptors (Lipinski definition) is 6. The number of benzene rings is 2. The summed E-state index contributed by atoms with van der Waals surface area (Å²) in [7, 11) is 0. The summed E-state index contributed by atoms with van der Waals surface area (Å²) < 4.78 is 10.0. The second-order valence-corrected chi connectivity index (χ2v) is 10.3. The molecule has 0 radical (unpaired) electrons. The lowest BCUT2D eigenvalue weighted by Gasteiger charge is -2.29. The summed E-state index contributed by atoms with van der Waals surface area (Å²) in [6.07, 6.45) is -0.0757. The Kier molecular flexibility index (Phi) is 13.8. The molecule has 0 bridgehead atoms. The van der Waals surface area contributed by atoms with Crippen LogP contribution in [0.15, 0.2) is 48.5 Å². The maximum absolute atomic E-state index is 13.5. The second-order valence-electron chi connectivity index (χ2n) is 9.44. The molecular weight excluding hydrogens is 557 g/mol. The van der Waals surface area contributed by atoms with Crippen LogP contribution >= 0.6 is 23.2 Å². The minimum Gasteiger partial charge on any atom is -0.466 e. The summed E-state index contributed by atoms with van der Waals surface area (Å²) in [4.78, 5) is 52.8. The number of nitrogens with zero attached hydrogens (tertiary/aromatic N) is 1. The third-order valence-electron chi connectivity index (χ3n) is 5.92. The zero-order chi connectivity index (χ0) is 29.7. The van der Waals surface area contributed by atoms with Gasteiger partial charge in [0.25, 0.3) is 0 Å². The molecule has 218 valence electrons. The molecule has 0 saturated carbocycles. The predicted molar refractivity (Wildman–Crippen MR) is 154 cm³/mol. The molecule has 9 nitrogen and oxygen atoms in total. The van der Waals surface area contributed by atoms with Gasteiger partial charge in [-0.05, 0) is 61.6 Å². The van der Waals surface area contributed by atoms with Crippen LogP contribution in [0.2, 0.25) is 10.0 Å². The van der Waals surface area contributed by atoms with Crippen molar-refractivity contribution in [3.8, 4) is 0 Å². The molecule has 0 saturated heterocycles. The molecule has 2 atom stereocenters. The van der Waals surface area contributed by atoms with Crippen molar-refractivity contribution < 1.29 is 28.7 Å². The van der Waals surface area contributed by atoms with Gasteiger partial charge in [0.05, 0.1) is 13.2 Å². The van der Waals surface area contributed by atoms with E-state index in [9.17, 15) is 19.2 Å². The Morgan fingerprint density at radius 1 is 0.800 bits per heavy atom. The van der Waals surface area contributed by atoms with E-state index in [-0.39, 0.29) is 45.1 Å². The van der Waals surface area contributed by atoms with Crippen molar-refractivity contribution in [3.63, 3.8) is 0 Å². The summed E-state index contributed by atoms with van der Waals surface area (Å²) in [5.74, 6) is -2.03. The van der Waals surface area contributed by atoms with Crippen molar-refractivity contribution in [2.45, 2.75) is 65.7 Å². The predicted octanol–water partition coefficient (Wildman–Crippen LogP) is 5.12. The van der Waals surface area contributed by atoms with Gasteiger partial charge in [0.15, 0.2) is 0 Å². The number of esters is 2. The van der Waals surface area contributed by atoms with Gasteiger partial charge < -0.3 is 25.0 Å². The maximum atomic E-state index is 13.5. The first-order chi connectivity index (χ1) is 19.0. The smallest absolute Gasteiger partial charge is 0.328 e. The highest BCUT2D eigenvalue weighted by Crippen LogP contribution is 2.17. The van der Waals surface area contributed by atoms with Crippen LogP contribution in [0.5, 0.6) is 0 Å². The highest BCUT2D eigenvalue weighted by Gasteiger charge is 2.31. The Balaban J connectivity index is 2.21. The number of carbonyl (C=O) groups is 4. The number of urea groups is 1. The van der Waals surface area contributed by atoms with Gasteiger partial charge in [-0.2, -0.15) is 0 Å². The zero-order valence-corrected chi connectivity index (χ0v) is 24.8. The highest BCUT2D eigenvalue weighted by atomic mass is 35.5. The normalized spacial score (nSPS) is 12.3. The van der Waals surface area contributed by atoms with Crippen LogP contribution < -0.4 is 10.6 Å². The maximum Gasteiger partial charge on any atom is 0.328 e. The molecule has 0 aromatic heterocycles. The number of nitrogens with one attached hydrogen (secondary N) is 2. The fourth-order valence-electron chi connectivity index (χ4n) is 3.83. The fraction of sp³-hybridized carbons (Fsp3) is 0.448. The first-order valence-corrected chi connectivity index (χ1v) is 14.0. The van der Waals surface area contributed by atoms with Crippen molar-refractivity contribution in [2.75, 3.05) is 13.2 Å². The summed E-state index contributed by atoms with van der Waals surface area (Å²) in [5, 5.41) is 6.63. The van der Waals surface area contributed by atoms with E-state index in [0.29, 0.717) is 10.0 Å². The minimum absolute atomic E-state index is 0.00142. The average Bonchev–Trinajstić information content (AvgIpc) is 2.91.